The highest BCUT2D eigenvalue weighted by Crippen LogP contribution is 2.13. The number of hydrogen-bond donors (Lipinski definition) is 2. The largest absolute Gasteiger partial charge is 0.494 e. The molecule has 1 atom stereocenters. The van der Waals surface area contributed by atoms with Crippen molar-refractivity contribution in [3.63, 3.8) is 0 Å². The topological polar surface area (TPSA) is 75.2 Å². The molecule has 0 aromatic heterocycles. The predicted octanol–water partition coefficient (Wildman–Crippen LogP) is 2.05. The first-order chi connectivity index (χ1) is 13.1. The Kier molecular flexibility index (Phi) is 11.9. The third-order valence-electron chi connectivity index (χ3n) is 4.31. The lowest BCUT2D eigenvalue weighted by Gasteiger charge is -2.16. The fourth-order valence-corrected chi connectivity index (χ4v) is 2.76. The molecule has 2 rings (SSSR count). The number of benzene rings is 1. The molecule has 158 valence electrons. The minimum absolute atomic E-state index is 0. The van der Waals surface area contributed by atoms with Crippen molar-refractivity contribution in [3.8, 4) is 5.75 Å². The zero-order valence-corrected chi connectivity index (χ0v) is 19.4. The number of hydrogen-bond acceptors (Lipinski definition) is 4. The number of likely N-dealkylation sites (N-methyl/N-ethyl adjacent to an activating group) is 1. The second-order valence-electron chi connectivity index (χ2n) is 6.73. The van der Waals surface area contributed by atoms with Gasteiger partial charge < -0.3 is 25.0 Å². The molecule has 28 heavy (non-hydrogen) atoms. The van der Waals surface area contributed by atoms with E-state index in [-0.39, 0.29) is 42.5 Å². The third kappa shape index (κ3) is 9.09. The summed E-state index contributed by atoms with van der Waals surface area (Å²) in [6, 6.07) is 8.10. The number of nitrogens with zero attached hydrogens (tertiary/aromatic N) is 2. The lowest BCUT2D eigenvalue weighted by Crippen LogP contribution is -2.42. The van der Waals surface area contributed by atoms with E-state index < -0.39 is 0 Å². The second-order valence-corrected chi connectivity index (χ2v) is 6.73. The standard InChI is InChI=1S/C20H32N4O3.HI/c1-4-26-17-8-5-7-16(13-17)10-11-21-20(23-15-19(25)24(2)3)22-14-18-9-6-12-27-18;/h5,7-8,13,18H,4,6,9-12,14-15H2,1-3H3,(H2,21,22,23);1H. The van der Waals surface area contributed by atoms with Gasteiger partial charge in [0.15, 0.2) is 5.96 Å². The average Bonchev–Trinajstić information content (AvgIpc) is 3.17. The first kappa shape index (κ1) is 24.5. The number of aliphatic imine (C=N–C) groups is 1. The van der Waals surface area contributed by atoms with Crippen LogP contribution in [0.15, 0.2) is 29.3 Å². The SMILES string of the molecule is CCOc1cccc(CCNC(=NCC(=O)N(C)C)NCC2CCCO2)c1.I. The van der Waals surface area contributed by atoms with Crippen LogP contribution in [-0.4, -0.2) is 69.8 Å². The van der Waals surface area contributed by atoms with Crippen molar-refractivity contribution >= 4 is 35.8 Å². The monoisotopic (exact) mass is 504 g/mol. The van der Waals surface area contributed by atoms with E-state index in [2.05, 4.69) is 27.8 Å². The molecule has 1 aromatic rings. The minimum Gasteiger partial charge on any atom is -0.494 e. The van der Waals surface area contributed by atoms with Gasteiger partial charge in [0.1, 0.15) is 12.3 Å². The molecule has 0 radical (unpaired) electrons. The van der Waals surface area contributed by atoms with E-state index >= 15 is 0 Å². The van der Waals surface area contributed by atoms with E-state index in [1.807, 2.05) is 19.1 Å². The summed E-state index contributed by atoms with van der Waals surface area (Å²) in [4.78, 5) is 17.8. The van der Waals surface area contributed by atoms with Crippen molar-refractivity contribution in [2.75, 3.05) is 46.9 Å². The molecule has 1 amide bonds. The van der Waals surface area contributed by atoms with Crippen LogP contribution < -0.4 is 15.4 Å². The van der Waals surface area contributed by atoms with E-state index in [0.717, 1.165) is 31.6 Å². The Morgan fingerprint density at radius 2 is 2.18 bits per heavy atom. The number of rotatable bonds is 9. The molecule has 1 fully saturated rings. The number of carbonyl (C=O) groups is 1. The molecule has 1 heterocycles. The number of amides is 1. The van der Waals surface area contributed by atoms with E-state index in [1.165, 1.54) is 5.56 Å². The maximum Gasteiger partial charge on any atom is 0.243 e. The Hall–Kier alpha value is -1.55. The first-order valence-corrected chi connectivity index (χ1v) is 9.64. The van der Waals surface area contributed by atoms with Crippen molar-refractivity contribution in [2.24, 2.45) is 4.99 Å². The van der Waals surface area contributed by atoms with Gasteiger partial charge in [0.2, 0.25) is 5.91 Å². The molecule has 0 saturated carbocycles. The number of guanidine groups is 1. The minimum atomic E-state index is -0.0300. The molecule has 1 aliphatic heterocycles. The summed E-state index contributed by atoms with van der Waals surface area (Å²) in [6.45, 7) is 4.98. The Balaban J connectivity index is 0.00000392. The summed E-state index contributed by atoms with van der Waals surface area (Å²) in [6.07, 6.45) is 3.20. The Morgan fingerprint density at radius 3 is 2.86 bits per heavy atom. The third-order valence-corrected chi connectivity index (χ3v) is 4.31. The van der Waals surface area contributed by atoms with Crippen molar-refractivity contribution in [2.45, 2.75) is 32.3 Å². The van der Waals surface area contributed by atoms with E-state index in [0.29, 0.717) is 25.7 Å². The van der Waals surface area contributed by atoms with Gasteiger partial charge in [-0.05, 0) is 43.9 Å². The predicted molar refractivity (Wildman–Crippen MR) is 123 cm³/mol. The molecule has 0 spiro atoms. The van der Waals surface area contributed by atoms with Crippen LogP contribution in [0.1, 0.15) is 25.3 Å². The Morgan fingerprint density at radius 1 is 1.36 bits per heavy atom. The van der Waals surface area contributed by atoms with E-state index in [9.17, 15) is 4.79 Å². The summed E-state index contributed by atoms with van der Waals surface area (Å²) in [5, 5.41) is 6.60. The normalized spacial score (nSPS) is 16.2. The summed E-state index contributed by atoms with van der Waals surface area (Å²) < 4.78 is 11.2. The van der Waals surface area contributed by atoms with Crippen molar-refractivity contribution in [1.29, 1.82) is 0 Å². The van der Waals surface area contributed by atoms with Crippen LogP contribution in [-0.2, 0) is 16.0 Å². The Bertz CT molecular complexity index is 619. The molecule has 8 heteroatoms. The van der Waals surface area contributed by atoms with Gasteiger partial charge in [-0.3, -0.25) is 4.79 Å². The Labute approximate surface area is 185 Å². The molecule has 0 aliphatic carbocycles. The number of carbonyl (C=O) groups excluding carboxylic acids is 1. The highest BCUT2D eigenvalue weighted by atomic mass is 127. The summed E-state index contributed by atoms with van der Waals surface area (Å²) in [7, 11) is 3.46. The maximum atomic E-state index is 11.8. The first-order valence-electron chi connectivity index (χ1n) is 9.64. The fourth-order valence-electron chi connectivity index (χ4n) is 2.76. The molecule has 1 saturated heterocycles. The molecule has 1 unspecified atom stereocenters. The summed E-state index contributed by atoms with van der Waals surface area (Å²) in [5.41, 5.74) is 1.19. The van der Waals surface area contributed by atoms with Gasteiger partial charge in [0, 0.05) is 33.8 Å². The molecular formula is C20H33IN4O3. The molecule has 2 N–H and O–H groups in total. The van der Waals surface area contributed by atoms with Gasteiger partial charge in [-0.15, -0.1) is 24.0 Å². The summed E-state index contributed by atoms with van der Waals surface area (Å²) in [5.74, 6) is 1.50. The fraction of sp³-hybridized carbons (Fsp3) is 0.600. The van der Waals surface area contributed by atoms with E-state index in [4.69, 9.17) is 9.47 Å². The zero-order valence-electron chi connectivity index (χ0n) is 17.1. The van der Waals surface area contributed by atoms with Gasteiger partial charge in [0.25, 0.3) is 0 Å². The van der Waals surface area contributed by atoms with Gasteiger partial charge >= 0.3 is 0 Å². The number of halogens is 1. The van der Waals surface area contributed by atoms with Crippen molar-refractivity contribution < 1.29 is 14.3 Å². The van der Waals surface area contributed by atoms with Crippen LogP contribution in [0.3, 0.4) is 0 Å². The lowest BCUT2D eigenvalue weighted by molar-refractivity contribution is -0.127. The van der Waals surface area contributed by atoms with Crippen LogP contribution in [0.25, 0.3) is 0 Å². The molecular weight excluding hydrogens is 471 g/mol. The van der Waals surface area contributed by atoms with Crippen LogP contribution >= 0.6 is 24.0 Å². The van der Waals surface area contributed by atoms with Crippen LogP contribution in [0, 0.1) is 0 Å². The lowest BCUT2D eigenvalue weighted by atomic mass is 10.1. The van der Waals surface area contributed by atoms with Crippen LogP contribution in [0.4, 0.5) is 0 Å². The molecule has 1 aliphatic rings. The van der Waals surface area contributed by atoms with Gasteiger partial charge in [-0.2, -0.15) is 0 Å². The summed E-state index contributed by atoms with van der Waals surface area (Å²) >= 11 is 0. The number of ether oxygens (including phenoxy) is 2. The van der Waals surface area contributed by atoms with Gasteiger partial charge in [-0.25, -0.2) is 4.99 Å². The molecule has 1 aromatic carbocycles. The van der Waals surface area contributed by atoms with Crippen molar-refractivity contribution in [3.05, 3.63) is 29.8 Å². The quantitative estimate of drug-likeness (QED) is 0.306. The van der Waals surface area contributed by atoms with Gasteiger partial charge in [-0.1, -0.05) is 12.1 Å². The number of nitrogens with one attached hydrogen (secondary N) is 2. The maximum absolute atomic E-state index is 11.8. The highest BCUT2D eigenvalue weighted by Gasteiger charge is 2.15. The molecule has 0 bridgehead atoms. The van der Waals surface area contributed by atoms with Crippen LogP contribution in [0.5, 0.6) is 5.75 Å². The highest BCUT2D eigenvalue weighted by molar-refractivity contribution is 14.0. The smallest absolute Gasteiger partial charge is 0.243 e. The van der Waals surface area contributed by atoms with Gasteiger partial charge in [0.05, 0.1) is 12.7 Å². The average molecular weight is 504 g/mol. The zero-order chi connectivity index (χ0) is 19.5. The van der Waals surface area contributed by atoms with Crippen LogP contribution in [0.2, 0.25) is 0 Å². The molecule has 7 nitrogen and oxygen atoms in total. The van der Waals surface area contributed by atoms with E-state index in [1.54, 1.807) is 19.0 Å². The van der Waals surface area contributed by atoms with Crippen molar-refractivity contribution in [1.82, 2.24) is 15.5 Å². The second kappa shape index (κ2) is 13.6.